The molecule has 1 saturated carbocycles. The molecule has 4 heterocycles. The highest BCUT2D eigenvalue weighted by Crippen LogP contribution is 2.36. The van der Waals surface area contributed by atoms with E-state index in [9.17, 15) is 0 Å². The largest absolute Gasteiger partial charge is 0.461 e. The molecule has 29 heavy (non-hydrogen) atoms. The molecule has 1 fully saturated rings. The molecule has 0 bridgehead atoms. The second-order valence-electron chi connectivity index (χ2n) is 7.68. The maximum Gasteiger partial charge on any atom is 0.234 e. The molecule has 5 rings (SSSR count). The van der Waals surface area contributed by atoms with Gasteiger partial charge in [-0.3, -0.25) is 8.97 Å². The highest BCUT2D eigenvalue weighted by atomic mass is 32.2. The fraction of sp³-hybridized carbons (Fsp3) is 0.429. The molecule has 0 N–H and O–H groups in total. The maximum absolute atomic E-state index is 5.63. The summed E-state index contributed by atoms with van der Waals surface area (Å²) in [5.74, 6) is 3.08. The Morgan fingerprint density at radius 1 is 1.14 bits per heavy atom. The minimum absolute atomic E-state index is 0.425. The zero-order valence-corrected chi connectivity index (χ0v) is 17.5. The number of rotatable bonds is 5. The van der Waals surface area contributed by atoms with Crippen molar-refractivity contribution in [3.63, 3.8) is 0 Å². The molecule has 8 heteroatoms. The lowest BCUT2D eigenvalue weighted by Crippen LogP contribution is -2.15. The second kappa shape index (κ2) is 7.67. The van der Waals surface area contributed by atoms with Crippen molar-refractivity contribution in [2.24, 2.45) is 0 Å². The van der Waals surface area contributed by atoms with Gasteiger partial charge in [-0.05, 0) is 44.9 Å². The third-order valence-electron chi connectivity index (χ3n) is 5.51. The van der Waals surface area contributed by atoms with Crippen LogP contribution in [0.25, 0.3) is 17.4 Å². The van der Waals surface area contributed by atoms with E-state index in [0.29, 0.717) is 6.04 Å². The highest BCUT2D eigenvalue weighted by Gasteiger charge is 2.25. The summed E-state index contributed by atoms with van der Waals surface area (Å²) in [5.41, 5.74) is 3.12. The number of furan rings is 1. The van der Waals surface area contributed by atoms with E-state index in [0.717, 1.165) is 58.2 Å². The summed E-state index contributed by atoms with van der Waals surface area (Å²) in [6, 6.07) is 6.35. The molecule has 0 amide bonds. The number of hydrogen-bond donors (Lipinski definition) is 0. The standard InChI is InChI=1S/C21H24N6OS/c1-14-11-15(2)26-12-16(23-20(26)22-14)13-29-21-25-24-19(18-9-6-10-28-18)27(21)17-7-4-3-5-8-17/h6,9-12,17H,3-5,7-8,13H2,1-2H3. The average Bonchev–Trinajstić information content (AvgIpc) is 3.45. The van der Waals surface area contributed by atoms with Gasteiger partial charge in [0.15, 0.2) is 10.9 Å². The third-order valence-corrected chi connectivity index (χ3v) is 6.48. The van der Waals surface area contributed by atoms with Crippen molar-refractivity contribution < 1.29 is 4.42 Å². The van der Waals surface area contributed by atoms with Crippen molar-refractivity contribution in [2.45, 2.75) is 62.9 Å². The van der Waals surface area contributed by atoms with E-state index in [1.165, 1.54) is 19.3 Å². The molecule has 0 aromatic carbocycles. The number of fused-ring (bicyclic) bond motifs is 1. The monoisotopic (exact) mass is 408 g/mol. The Morgan fingerprint density at radius 3 is 2.79 bits per heavy atom. The Hall–Kier alpha value is -2.61. The van der Waals surface area contributed by atoms with E-state index in [1.54, 1.807) is 18.0 Å². The Morgan fingerprint density at radius 2 is 2.00 bits per heavy atom. The summed E-state index contributed by atoms with van der Waals surface area (Å²) in [7, 11) is 0. The molecule has 1 aliphatic rings. The van der Waals surface area contributed by atoms with Crippen molar-refractivity contribution in [1.82, 2.24) is 29.1 Å². The Balaban J connectivity index is 1.44. The number of hydrogen-bond acceptors (Lipinski definition) is 6. The summed E-state index contributed by atoms with van der Waals surface area (Å²) < 4.78 is 9.96. The van der Waals surface area contributed by atoms with Gasteiger partial charge in [-0.1, -0.05) is 31.0 Å². The van der Waals surface area contributed by atoms with Crippen molar-refractivity contribution in [2.75, 3.05) is 0 Å². The van der Waals surface area contributed by atoms with E-state index in [2.05, 4.69) is 38.9 Å². The average molecular weight is 409 g/mol. The number of nitrogens with zero attached hydrogens (tertiary/aromatic N) is 6. The van der Waals surface area contributed by atoms with E-state index in [-0.39, 0.29) is 0 Å². The summed E-state index contributed by atoms with van der Waals surface area (Å²) in [6.45, 7) is 4.08. The Labute approximate surface area is 173 Å². The van der Waals surface area contributed by atoms with Gasteiger partial charge in [0.2, 0.25) is 11.6 Å². The highest BCUT2D eigenvalue weighted by molar-refractivity contribution is 7.98. The minimum Gasteiger partial charge on any atom is -0.461 e. The van der Waals surface area contributed by atoms with Crippen LogP contribution in [0.2, 0.25) is 0 Å². The van der Waals surface area contributed by atoms with E-state index >= 15 is 0 Å². The van der Waals surface area contributed by atoms with Gasteiger partial charge in [-0.25, -0.2) is 9.97 Å². The van der Waals surface area contributed by atoms with Crippen LogP contribution in [0.3, 0.4) is 0 Å². The van der Waals surface area contributed by atoms with Gasteiger partial charge in [0.1, 0.15) is 0 Å². The maximum atomic E-state index is 5.63. The first-order valence-corrected chi connectivity index (χ1v) is 11.1. The van der Waals surface area contributed by atoms with Crippen LogP contribution >= 0.6 is 11.8 Å². The molecular formula is C21H24N6OS. The normalized spacial score (nSPS) is 15.4. The fourth-order valence-electron chi connectivity index (χ4n) is 4.14. The lowest BCUT2D eigenvalue weighted by molar-refractivity contribution is 0.337. The molecule has 150 valence electrons. The first-order valence-electron chi connectivity index (χ1n) is 10.1. The summed E-state index contributed by atoms with van der Waals surface area (Å²) >= 11 is 1.68. The molecule has 0 saturated heterocycles. The van der Waals surface area contributed by atoms with Crippen molar-refractivity contribution in [3.05, 3.63) is 47.7 Å². The topological polar surface area (TPSA) is 74.0 Å². The quantitative estimate of drug-likeness (QED) is 0.433. The van der Waals surface area contributed by atoms with Crippen LogP contribution < -0.4 is 0 Å². The summed E-state index contributed by atoms with van der Waals surface area (Å²) in [6.07, 6.45) is 9.90. The van der Waals surface area contributed by atoms with Gasteiger partial charge in [0.05, 0.1) is 12.0 Å². The lowest BCUT2D eigenvalue weighted by atomic mass is 9.95. The SMILES string of the molecule is Cc1cc(C)n2cc(CSc3nnc(-c4ccco4)n3C3CCCCC3)nc2n1. The molecule has 0 unspecified atom stereocenters. The predicted octanol–water partition coefficient (Wildman–Crippen LogP) is 5.00. The Kier molecular flexibility index (Phi) is 4.87. The second-order valence-corrected chi connectivity index (χ2v) is 8.62. The predicted molar refractivity (Wildman–Crippen MR) is 112 cm³/mol. The minimum atomic E-state index is 0.425. The zero-order valence-electron chi connectivity index (χ0n) is 16.7. The van der Waals surface area contributed by atoms with Crippen LogP contribution in [0.5, 0.6) is 0 Å². The molecule has 4 aromatic heterocycles. The molecule has 0 spiro atoms. The molecular weight excluding hydrogens is 384 g/mol. The van der Waals surface area contributed by atoms with Gasteiger partial charge in [-0.15, -0.1) is 10.2 Å². The number of thioether (sulfide) groups is 1. The van der Waals surface area contributed by atoms with E-state index in [1.807, 2.05) is 23.5 Å². The fourth-order valence-corrected chi connectivity index (χ4v) is 5.03. The van der Waals surface area contributed by atoms with Crippen molar-refractivity contribution >= 4 is 17.5 Å². The van der Waals surface area contributed by atoms with Crippen LogP contribution in [0.4, 0.5) is 0 Å². The summed E-state index contributed by atoms with van der Waals surface area (Å²) in [4.78, 5) is 9.24. The smallest absolute Gasteiger partial charge is 0.234 e. The van der Waals surface area contributed by atoms with Crippen LogP contribution in [0, 0.1) is 13.8 Å². The molecule has 0 aliphatic heterocycles. The summed E-state index contributed by atoms with van der Waals surface area (Å²) in [5, 5.41) is 9.92. The first-order chi connectivity index (χ1) is 14.2. The van der Waals surface area contributed by atoms with Crippen LogP contribution in [0.15, 0.2) is 40.2 Å². The zero-order chi connectivity index (χ0) is 19.8. The molecule has 4 aromatic rings. The molecule has 1 aliphatic carbocycles. The first kappa shape index (κ1) is 18.4. The van der Waals surface area contributed by atoms with Crippen LogP contribution in [0.1, 0.15) is 55.2 Å². The third kappa shape index (κ3) is 3.57. The molecule has 7 nitrogen and oxygen atoms in total. The molecule has 0 atom stereocenters. The van der Waals surface area contributed by atoms with Gasteiger partial charge in [0, 0.05) is 29.4 Å². The van der Waals surface area contributed by atoms with Crippen LogP contribution in [-0.4, -0.2) is 29.1 Å². The number of aromatic nitrogens is 6. The van der Waals surface area contributed by atoms with Crippen LogP contribution in [-0.2, 0) is 5.75 Å². The van der Waals surface area contributed by atoms with Gasteiger partial charge < -0.3 is 4.42 Å². The van der Waals surface area contributed by atoms with E-state index < -0.39 is 0 Å². The Bertz CT molecular complexity index is 1120. The van der Waals surface area contributed by atoms with Gasteiger partial charge in [-0.2, -0.15) is 0 Å². The van der Waals surface area contributed by atoms with Crippen molar-refractivity contribution in [3.8, 4) is 11.6 Å². The van der Waals surface area contributed by atoms with Crippen molar-refractivity contribution in [1.29, 1.82) is 0 Å². The van der Waals surface area contributed by atoms with Gasteiger partial charge in [0.25, 0.3) is 0 Å². The number of imidazole rings is 1. The lowest BCUT2D eigenvalue weighted by Gasteiger charge is -2.25. The number of aryl methyl sites for hydroxylation is 2. The van der Waals surface area contributed by atoms with Gasteiger partial charge >= 0.3 is 0 Å². The van der Waals surface area contributed by atoms with E-state index in [4.69, 9.17) is 9.40 Å². The molecule has 0 radical (unpaired) electrons.